The molecule has 21 heavy (non-hydrogen) atoms. The maximum Gasteiger partial charge on any atom is 0.235 e. The van der Waals surface area contributed by atoms with Crippen molar-refractivity contribution in [2.45, 2.75) is 0 Å². The number of hydrogen-bond acceptors (Lipinski definition) is 4. The van der Waals surface area contributed by atoms with Crippen LogP contribution in [-0.4, -0.2) is 12.2 Å². The van der Waals surface area contributed by atoms with Crippen molar-refractivity contribution in [2.75, 3.05) is 7.11 Å². The highest BCUT2D eigenvalue weighted by Crippen LogP contribution is 2.37. The van der Waals surface area contributed by atoms with Gasteiger partial charge in [0, 0.05) is 5.02 Å². The summed E-state index contributed by atoms with van der Waals surface area (Å²) in [6, 6.07) is 11.6. The smallest absolute Gasteiger partial charge is 0.235 e. The first-order chi connectivity index (χ1) is 10.1. The van der Waals surface area contributed by atoms with Gasteiger partial charge in [0.05, 0.1) is 18.1 Å². The van der Waals surface area contributed by atoms with Crippen LogP contribution in [0.15, 0.2) is 51.7 Å². The first kappa shape index (κ1) is 13.5. The van der Waals surface area contributed by atoms with Crippen molar-refractivity contribution < 1.29 is 14.3 Å². The number of rotatable bonds is 2. The predicted octanol–water partition coefficient (Wildman–Crippen LogP) is 3.83. The molecule has 3 aromatic rings. The van der Waals surface area contributed by atoms with E-state index in [0.29, 0.717) is 27.3 Å². The number of benzene rings is 2. The summed E-state index contributed by atoms with van der Waals surface area (Å²) in [5.74, 6) is 0.0282. The molecule has 1 aromatic heterocycles. The van der Waals surface area contributed by atoms with Gasteiger partial charge in [0.1, 0.15) is 11.3 Å². The molecule has 4 nitrogen and oxygen atoms in total. The maximum absolute atomic E-state index is 12.2. The van der Waals surface area contributed by atoms with E-state index >= 15 is 0 Å². The van der Waals surface area contributed by atoms with Crippen LogP contribution in [0.2, 0.25) is 5.02 Å². The summed E-state index contributed by atoms with van der Waals surface area (Å²) in [5, 5.41) is 10.9. The Kier molecular flexibility index (Phi) is 3.31. The molecule has 5 heteroatoms. The summed E-state index contributed by atoms with van der Waals surface area (Å²) in [6.45, 7) is 0. The van der Waals surface area contributed by atoms with Gasteiger partial charge in [0.2, 0.25) is 11.2 Å². The average Bonchev–Trinajstić information content (AvgIpc) is 2.51. The molecule has 0 fully saturated rings. The normalized spacial score (nSPS) is 10.8. The Bertz CT molecular complexity index is 883. The van der Waals surface area contributed by atoms with E-state index in [-0.39, 0.29) is 5.76 Å². The van der Waals surface area contributed by atoms with Crippen LogP contribution in [0.1, 0.15) is 0 Å². The van der Waals surface area contributed by atoms with Gasteiger partial charge in [0.25, 0.3) is 0 Å². The molecule has 0 amide bonds. The monoisotopic (exact) mass is 302 g/mol. The van der Waals surface area contributed by atoms with Gasteiger partial charge >= 0.3 is 0 Å². The van der Waals surface area contributed by atoms with Crippen molar-refractivity contribution in [1.29, 1.82) is 0 Å². The molecule has 0 aliphatic rings. The number of ether oxygens (including phenoxy) is 1. The lowest BCUT2D eigenvalue weighted by molar-refractivity contribution is 0.411. The first-order valence-corrected chi connectivity index (χ1v) is 6.58. The second-order valence-corrected chi connectivity index (χ2v) is 4.89. The van der Waals surface area contributed by atoms with Crippen molar-refractivity contribution in [1.82, 2.24) is 0 Å². The molecular formula is C16H11ClO4. The second kappa shape index (κ2) is 5.14. The number of halogens is 1. The molecule has 0 saturated carbocycles. The molecule has 0 bridgehead atoms. The molecule has 0 radical (unpaired) electrons. The van der Waals surface area contributed by atoms with Crippen molar-refractivity contribution in [3.8, 4) is 22.8 Å². The quantitative estimate of drug-likeness (QED) is 0.781. The lowest BCUT2D eigenvalue weighted by Crippen LogP contribution is -2.02. The highest BCUT2D eigenvalue weighted by Gasteiger charge is 2.18. The lowest BCUT2D eigenvalue weighted by Gasteiger charge is -2.10. The maximum atomic E-state index is 12.2. The van der Waals surface area contributed by atoms with E-state index in [1.807, 2.05) is 0 Å². The van der Waals surface area contributed by atoms with E-state index in [1.54, 1.807) is 42.5 Å². The fourth-order valence-electron chi connectivity index (χ4n) is 2.17. The van der Waals surface area contributed by atoms with Gasteiger partial charge in [-0.1, -0.05) is 23.7 Å². The summed E-state index contributed by atoms with van der Waals surface area (Å²) in [6.07, 6.45) is 0. The Morgan fingerprint density at radius 2 is 1.95 bits per heavy atom. The summed E-state index contributed by atoms with van der Waals surface area (Å²) < 4.78 is 10.9. The highest BCUT2D eigenvalue weighted by atomic mass is 35.5. The van der Waals surface area contributed by atoms with Gasteiger partial charge in [-0.05, 0) is 30.3 Å². The van der Waals surface area contributed by atoms with Crippen LogP contribution >= 0.6 is 11.6 Å². The predicted molar refractivity (Wildman–Crippen MR) is 81.1 cm³/mol. The standard InChI is InChI=1S/C16H11ClO4/c1-20-12-7-6-9(17)8-11(12)16-15(19)14(18)10-4-2-3-5-13(10)21-16/h2-8,19H,1H3. The third kappa shape index (κ3) is 2.23. The van der Waals surface area contributed by atoms with E-state index in [9.17, 15) is 9.90 Å². The molecule has 3 rings (SSSR count). The lowest BCUT2D eigenvalue weighted by atomic mass is 10.1. The minimum atomic E-state index is -0.492. The molecule has 0 saturated heterocycles. The molecule has 1 heterocycles. The number of fused-ring (bicyclic) bond motifs is 1. The third-order valence-electron chi connectivity index (χ3n) is 3.18. The van der Waals surface area contributed by atoms with Crippen molar-refractivity contribution in [3.63, 3.8) is 0 Å². The van der Waals surface area contributed by atoms with Crippen LogP contribution in [-0.2, 0) is 0 Å². The molecule has 1 N–H and O–H groups in total. The Labute approximate surface area is 125 Å². The molecule has 0 spiro atoms. The summed E-state index contributed by atoms with van der Waals surface area (Å²) in [7, 11) is 1.49. The highest BCUT2D eigenvalue weighted by molar-refractivity contribution is 6.31. The Morgan fingerprint density at radius 3 is 2.71 bits per heavy atom. The van der Waals surface area contributed by atoms with Crippen molar-refractivity contribution >= 4 is 22.6 Å². The van der Waals surface area contributed by atoms with Gasteiger partial charge in [-0.25, -0.2) is 0 Å². The second-order valence-electron chi connectivity index (χ2n) is 4.45. The van der Waals surface area contributed by atoms with Gasteiger partial charge in [0.15, 0.2) is 5.76 Å². The summed E-state index contributed by atoms with van der Waals surface area (Å²) in [5.41, 5.74) is 0.316. The number of para-hydroxylation sites is 1. The van der Waals surface area contributed by atoms with Crippen LogP contribution in [0.5, 0.6) is 11.5 Å². The Hall–Kier alpha value is -2.46. The van der Waals surface area contributed by atoms with Crippen LogP contribution in [0.25, 0.3) is 22.3 Å². The Balaban J connectivity index is 2.38. The SMILES string of the molecule is COc1ccc(Cl)cc1-c1oc2ccccc2c(=O)c1O. The van der Waals surface area contributed by atoms with E-state index in [2.05, 4.69) is 0 Å². The molecule has 106 valence electrons. The third-order valence-corrected chi connectivity index (χ3v) is 3.42. The van der Waals surface area contributed by atoms with Crippen molar-refractivity contribution in [2.24, 2.45) is 0 Å². The average molecular weight is 303 g/mol. The zero-order valence-electron chi connectivity index (χ0n) is 11.1. The molecular weight excluding hydrogens is 292 g/mol. The van der Waals surface area contributed by atoms with Gasteiger partial charge in [-0.3, -0.25) is 4.79 Å². The minimum Gasteiger partial charge on any atom is -0.502 e. The zero-order chi connectivity index (χ0) is 15.0. The van der Waals surface area contributed by atoms with Crippen LogP contribution in [0.4, 0.5) is 0 Å². The minimum absolute atomic E-state index is 0.0399. The number of aromatic hydroxyl groups is 1. The van der Waals surface area contributed by atoms with E-state index in [4.69, 9.17) is 20.8 Å². The molecule has 0 atom stereocenters. The summed E-state index contributed by atoms with van der Waals surface area (Å²) >= 11 is 5.98. The van der Waals surface area contributed by atoms with Crippen LogP contribution in [0.3, 0.4) is 0 Å². The fourth-order valence-corrected chi connectivity index (χ4v) is 2.34. The molecule has 0 aliphatic carbocycles. The number of methoxy groups -OCH3 is 1. The van der Waals surface area contributed by atoms with Crippen LogP contribution < -0.4 is 10.2 Å². The van der Waals surface area contributed by atoms with Gasteiger partial charge in [-0.2, -0.15) is 0 Å². The molecule has 0 unspecified atom stereocenters. The van der Waals surface area contributed by atoms with Crippen LogP contribution in [0, 0.1) is 0 Å². The first-order valence-electron chi connectivity index (χ1n) is 6.20. The molecule has 2 aromatic carbocycles. The van der Waals surface area contributed by atoms with Crippen molar-refractivity contribution in [3.05, 3.63) is 57.7 Å². The zero-order valence-corrected chi connectivity index (χ0v) is 11.8. The van der Waals surface area contributed by atoms with Gasteiger partial charge in [-0.15, -0.1) is 0 Å². The summed E-state index contributed by atoms with van der Waals surface area (Å²) in [4.78, 5) is 12.2. The number of hydrogen-bond donors (Lipinski definition) is 1. The fraction of sp³-hybridized carbons (Fsp3) is 0.0625. The largest absolute Gasteiger partial charge is 0.502 e. The van der Waals surface area contributed by atoms with E-state index in [1.165, 1.54) is 7.11 Å². The molecule has 0 aliphatic heterocycles. The Morgan fingerprint density at radius 1 is 1.19 bits per heavy atom. The van der Waals surface area contributed by atoms with E-state index < -0.39 is 11.2 Å². The van der Waals surface area contributed by atoms with E-state index in [0.717, 1.165) is 0 Å². The topological polar surface area (TPSA) is 59.7 Å². The van der Waals surface area contributed by atoms with Gasteiger partial charge < -0.3 is 14.3 Å².